The maximum atomic E-state index is 14.3. The smallest absolute Gasteiger partial charge is 0.416 e. The number of carbonyl (C=O) groups excluding carboxylic acids is 1. The molecule has 1 heterocycles. The Morgan fingerprint density at radius 2 is 1.73 bits per heavy atom. The molecule has 14 heteroatoms. The number of rotatable bonds is 12. The molecule has 3 N–H and O–H groups in total. The van der Waals surface area contributed by atoms with Crippen LogP contribution in [0.5, 0.6) is 5.75 Å². The summed E-state index contributed by atoms with van der Waals surface area (Å²) in [7, 11) is 0. The molecule has 48 heavy (non-hydrogen) atoms. The van der Waals surface area contributed by atoms with Crippen molar-refractivity contribution in [3.8, 4) is 5.75 Å². The average Bonchev–Trinajstić information content (AvgIpc) is 3.42. The first-order valence-corrected chi connectivity index (χ1v) is 16.1. The van der Waals surface area contributed by atoms with Gasteiger partial charge in [0.05, 0.1) is 12.2 Å². The lowest BCUT2D eigenvalue weighted by Crippen LogP contribution is -2.53. The van der Waals surface area contributed by atoms with E-state index in [4.69, 9.17) is 42.8 Å². The normalized spacial score (nSPS) is 17.5. The number of amides is 1. The van der Waals surface area contributed by atoms with E-state index < -0.39 is 35.1 Å². The fraction of sp³-hybridized carbons (Fsp3) is 0.235. The van der Waals surface area contributed by atoms with Crippen LogP contribution < -0.4 is 15.6 Å². The highest BCUT2D eigenvalue weighted by molar-refractivity contribution is 9.10. The number of alkyl halides is 3. The summed E-state index contributed by atoms with van der Waals surface area (Å²) in [5, 5.41) is 9.62. The van der Waals surface area contributed by atoms with Gasteiger partial charge in [0.25, 0.3) is 5.91 Å². The van der Waals surface area contributed by atoms with E-state index >= 15 is 0 Å². The molecule has 1 amide bonds. The topological polar surface area (TPSA) is 92.2 Å². The number of hydrogen-bond acceptors (Lipinski definition) is 6. The quantitative estimate of drug-likeness (QED) is 0.0773. The molecule has 2 atom stereocenters. The van der Waals surface area contributed by atoms with Crippen molar-refractivity contribution in [1.29, 1.82) is 0 Å². The van der Waals surface area contributed by atoms with Gasteiger partial charge in [-0.15, -0.1) is 0 Å². The molecule has 0 radical (unpaired) electrons. The maximum absolute atomic E-state index is 14.3. The molecule has 1 aliphatic rings. The minimum absolute atomic E-state index is 0.00836. The number of benzene rings is 4. The van der Waals surface area contributed by atoms with Gasteiger partial charge in [-0.25, -0.2) is 14.8 Å². The summed E-state index contributed by atoms with van der Waals surface area (Å²) in [5.41, 5.74) is 3.94. The van der Waals surface area contributed by atoms with Gasteiger partial charge in [-0.05, 0) is 77.9 Å². The number of carbonyl (C=O) groups is 1. The van der Waals surface area contributed by atoms with Gasteiger partial charge < -0.3 is 14.6 Å². The van der Waals surface area contributed by atoms with Crippen molar-refractivity contribution in [1.82, 2.24) is 10.9 Å². The molecule has 4 aromatic carbocycles. The highest BCUT2D eigenvalue weighted by Gasteiger charge is 2.54. The molecule has 1 aliphatic heterocycles. The largest absolute Gasteiger partial charge is 0.494 e. The van der Waals surface area contributed by atoms with E-state index in [-0.39, 0.29) is 36.1 Å². The van der Waals surface area contributed by atoms with Gasteiger partial charge in [-0.3, -0.25) is 10.2 Å². The Morgan fingerprint density at radius 1 is 1.00 bits per heavy atom. The molecule has 0 aliphatic carbocycles. The molecule has 0 aromatic heterocycles. The predicted octanol–water partition coefficient (Wildman–Crippen LogP) is 8.00. The Labute approximate surface area is 292 Å². The summed E-state index contributed by atoms with van der Waals surface area (Å²) < 4.78 is 66.8. The fourth-order valence-corrected chi connectivity index (χ4v) is 5.91. The highest BCUT2D eigenvalue weighted by atomic mass is 79.9. The summed E-state index contributed by atoms with van der Waals surface area (Å²) in [4.78, 5) is 19.2. The van der Waals surface area contributed by atoms with Crippen LogP contribution in [0.3, 0.4) is 0 Å². The van der Waals surface area contributed by atoms with Crippen LogP contribution in [0.1, 0.15) is 40.3 Å². The van der Waals surface area contributed by atoms with Crippen LogP contribution in [0.25, 0.3) is 0 Å². The third-order valence-electron chi connectivity index (χ3n) is 7.44. The lowest BCUT2D eigenvalue weighted by Gasteiger charge is -2.31. The summed E-state index contributed by atoms with van der Waals surface area (Å²) in [5.74, 6) is -1.08. The molecule has 0 spiro atoms. The second-order valence-corrected chi connectivity index (χ2v) is 12.7. The first-order valence-electron chi connectivity index (χ1n) is 14.6. The lowest BCUT2D eigenvalue weighted by molar-refractivity contribution is -0.138. The van der Waals surface area contributed by atoms with Gasteiger partial charge in [0.2, 0.25) is 5.90 Å². The number of aliphatic hydroxyl groups is 1. The van der Waals surface area contributed by atoms with Crippen LogP contribution in [0, 0.1) is 5.82 Å². The van der Waals surface area contributed by atoms with Gasteiger partial charge in [0.15, 0.2) is 11.6 Å². The molecular weight excluding hydrogens is 741 g/mol. The van der Waals surface area contributed by atoms with Crippen LogP contribution in [0.4, 0.5) is 17.6 Å². The molecule has 0 saturated heterocycles. The number of ether oxygens (including phenoxy) is 2. The van der Waals surface area contributed by atoms with E-state index in [9.17, 15) is 22.4 Å². The van der Waals surface area contributed by atoms with Gasteiger partial charge in [-0.1, -0.05) is 57.3 Å². The van der Waals surface area contributed by atoms with E-state index in [1.54, 1.807) is 36.4 Å². The van der Waals surface area contributed by atoms with Crippen molar-refractivity contribution in [2.75, 3.05) is 13.2 Å². The van der Waals surface area contributed by atoms with Crippen molar-refractivity contribution in [2.45, 2.75) is 37.2 Å². The van der Waals surface area contributed by atoms with Gasteiger partial charge in [0, 0.05) is 51.6 Å². The van der Waals surface area contributed by atoms with E-state index in [0.717, 1.165) is 16.6 Å². The zero-order valence-electron chi connectivity index (χ0n) is 25.0. The van der Waals surface area contributed by atoms with Crippen molar-refractivity contribution >= 4 is 50.9 Å². The van der Waals surface area contributed by atoms with Crippen LogP contribution in [-0.2, 0) is 28.7 Å². The molecule has 0 bridgehead atoms. The van der Waals surface area contributed by atoms with E-state index in [1.165, 1.54) is 6.07 Å². The van der Waals surface area contributed by atoms with Crippen LogP contribution in [-0.4, -0.2) is 35.7 Å². The Balaban J connectivity index is 1.52. The Kier molecular flexibility index (Phi) is 11.3. The summed E-state index contributed by atoms with van der Waals surface area (Å²) in [6, 6.07) is 20.9. The molecule has 252 valence electrons. The highest BCUT2D eigenvalue weighted by Crippen LogP contribution is 2.45. The SMILES string of the molecule is O=C(NNCc1cc(F)cc(C(F)(F)F)c1)[C@@]1(Cc2ccc(Br)cc2)N=C(c2ccc(OCCCO)cc2)O[C@H]1c1ccc(Cl)cc1Cl. The second-order valence-electron chi connectivity index (χ2n) is 10.9. The molecule has 0 unspecified atom stereocenters. The van der Waals surface area contributed by atoms with Crippen molar-refractivity contribution in [3.63, 3.8) is 0 Å². The van der Waals surface area contributed by atoms with Crippen molar-refractivity contribution in [2.24, 2.45) is 4.99 Å². The number of aliphatic hydroxyl groups excluding tert-OH is 1. The third-order valence-corrected chi connectivity index (χ3v) is 8.53. The third kappa shape index (κ3) is 8.48. The standard InChI is InChI=1S/C34H28BrCl2F4N3O4/c35-24-6-2-20(3-7-24)18-33(32(46)44-42-19-21-14-23(34(39,40)41)16-26(38)15-21)30(28-11-8-25(36)17-29(28)37)48-31(43-33)22-4-9-27(10-5-22)47-13-1-12-45/h2-11,14-17,30,42,45H,1,12-13,18-19H2,(H,44,46)/t30-,33-/m0/s1. The Hall–Kier alpha value is -3.68. The van der Waals surface area contributed by atoms with Crippen LogP contribution in [0.2, 0.25) is 10.0 Å². The minimum Gasteiger partial charge on any atom is -0.494 e. The minimum atomic E-state index is -4.75. The first-order chi connectivity index (χ1) is 22.9. The molecule has 7 nitrogen and oxygen atoms in total. The summed E-state index contributed by atoms with van der Waals surface area (Å²) >= 11 is 16.3. The molecule has 4 aromatic rings. The zero-order chi connectivity index (χ0) is 34.5. The van der Waals surface area contributed by atoms with Crippen LogP contribution >= 0.6 is 39.1 Å². The number of hydrazine groups is 1. The van der Waals surface area contributed by atoms with Gasteiger partial charge in [-0.2, -0.15) is 13.2 Å². The van der Waals surface area contributed by atoms with Crippen molar-refractivity contribution < 1.29 is 36.9 Å². The second kappa shape index (κ2) is 15.3. The summed E-state index contributed by atoms with van der Waals surface area (Å²) in [6.07, 6.45) is -5.36. The van der Waals surface area contributed by atoms with Crippen LogP contribution in [0.15, 0.2) is 94.4 Å². The molecule has 0 saturated carbocycles. The maximum Gasteiger partial charge on any atom is 0.416 e. The molecule has 5 rings (SSSR count). The summed E-state index contributed by atoms with van der Waals surface area (Å²) in [6.45, 7) is -0.0187. The zero-order valence-corrected chi connectivity index (χ0v) is 28.1. The predicted molar refractivity (Wildman–Crippen MR) is 177 cm³/mol. The first kappa shape index (κ1) is 35.6. The van der Waals surface area contributed by atoms with Gasteiger partial charge in [0.1, 0.15) is 11.6 Å². The number of hydrogen-bond donors (Lipinski definition) is 3. The molecular formula is C34H28BrCl2F4N3O4. The average molecular weight is 769 g/mol. The number of aliphatic imine (C=N–C) groups is 1. The van der Waals surface area contributed by atoms with E-state index in [2.05, 4.69) is 26.8 Å². The molecule has 0 fully saturated rings. The lowest BCUT2D eigenvalue weighted by atomic mass is 9.82. The fourth-order valence-electron chi connectivity index (χ4n) is 5.14. The monoisotopic (exact) mass is 767 g/mol. The Bertz CT molecular complexity index is 1790. The van der Waals surface area contributed by atoms with E-state index in [0.29, 0.717) is 46.6 Å². The number of nitrogens with zero attached hydrogens (tertiary/aromatic N) is 1. The van der Waals surface area contributed by atoms with Crippen molar-refractivity contribution in [3.05, 3.63) is 133 Å². The Morgan fingerprint density at radius 3 is 2.40 bits per heavy atom. The van der Waals surface area contributed by atoms with Gasteiger partial charge >= 0.3 is 6.18 Å². The number of halogens is 7. The van der Waals surface area contributed by atoms with E-state index in [1.807, 2.05) is 24.3 Å². The number of nitrogens with one attached hydrogen (secondary N) is 2.